The molecule has 0 radical (unpaired) electrons. The minimum absolute atomic E-state index is 0.0714. The predicted octanol–water partition coefficient (Wildman–Crippen LogP) is 3.56. The third-order valence-electron chi connectivity index (χ3n) is 3.52. The zero-order valence-corrected chi connectivity index (χ0v) is 16.3. The Kier molecular flexibility index (Phi) is 6.74. The average molecular weight is 376 g/mol. The van der Waals surface area contributed by atoms with Gasteiger partial charge in [0.15, 0.2) is 11.7 Å². The third-order valence-corrected chi connectivity index (χ3v) is 4.33. The first-order valence-corrected chi connectivity index (χ1v) is 9.29. The second-order valence-corrected chi connectivity index (χ2v) is 7.60. The lowest BCUT2D eigenvalue weighted by Gasteiger charge is -2.19. The zero-order chi connectivity index (χ0) is 19.2. The van der Waals surface area contributed by atoms with Crippen LogP contribution in [-0.2, 0) is 26.2 Å². The molecule has 0 aliphatic heterocycles. The van der Waals surface area contributed by atoms with Crippen LogP contribution in [0, 0.1) is 0 Å². The Bertz CT molecular complexity index is 748. The van der Waals surface area contributed by atoms with E-state index >= 15 is 0 Å². The van der Waals surface area contributed by atoms with Crippen molar-refractivity contribution >= 4 is 28.3 Å². The summed E-state index contributed by atoms with van der Waals surface area (Å²) in [5.74, 6) is -0.00469. The van der Waals surface area contributed by atoms with Gasteiger partial charge in [-0.2, -0.15) is 0 Å². The van der Waals surface area contributed by atoms with E-state index in [2.05, 4.69) is 31.1 Å². The van der Waals surface area contributed by atoms with Gasteiger partial charge in [-0.15, -0.1) is 11.3 Å². The molecule has 0 atom stereocenters. The van der Waals surface area contributed by atoms with Crippen LogP contribution in [0.1, 0.15) is 39.0 Å². The minimum atomic E-state index is -0.335. The molecule has 2 aromatic rings. The number of amides is 1. The van der Waals surface area contributed by atoms with Gasteiger partial charge in [-0.05, 0) is 30.0 Å². The number of rotatable bonds is 7. The number of aromatic nitrogens is 1. The van der Waals surface area contributed by atoms with Crippen LogP contribution in [0.5, 0.6) is 5.75 Å². The molecule has 0 fully saturated rings. The molecule has 1 aromatic carbocycles. The first-order valence-electron chi connectivity index (χ1n) is 8.41. The normalized spacial score (nSPS) is 11.1. The van der Waals surface area contributed by atoms with Gasteiger partial charge in [0.05, 0.1) is 18.7 Å². The molecule has 0 aliphatic carbocycles. The molecule has 1 aromatic heterocycles. The van der Waals surface area contributed by atoms with Crippen molar-refractivity contribution in [3.8, 4) is 5.75 Å². The maximum atomic E-state index is 12.0. The molecule has 1 heterocycles. The van der Waals surface area contributed by atoms with Crippen LogP contribution in [0.15, 0.2) is 29.6 Å². The van der Waals surface area contributed by atoms with E-state index < -0.39 is 0 Å². The van der Waals surface area contributed by atoms with Crippen LogP contribution in [0.25, 0.3) is 0 Å². The van der Waals surface area contributed by atoms with Gasteiger partial charge in [0.1, 0.15) is 5.75 Å². The number of carbonyl (C=O) groups excluding carboxylic acids is 2. The number of hydrogen-bond donors (Lipinski definition) is 1. The van der Waals surface area contributed by atoms with Crippen LogP contribution >= 0.6 is 11.3 Å². The molecule has 0 saturated carbocycles. The fourth-order valence-electron chi connectivity index (χ4n) is 2.16. The van der Waals surface area contributed by atoms with Gasteiger partial charge in [-0.25, -0.2) is 4.98 Å². The lowest BCUT2D eigenvalue weighted by molar-refractivity contribution is -0.142. The summed E-state index contributed by atoms with van der Waals surface area (Å²) in [5, 5.41) is 4.82. The molecule has 140 valence electrons. The Balaban J connectivity index is 1.82. The molecular formula is C19H24N2O4S. The van der Waals surface area contributed by atoms with Crippen LogP contribution in [0.3, 0.4) is 0 Å². The fourth-order valence-corrected chi connectivity index (χ4v) is 2.89. The first-order chi connectivity index (χ1) is 12.3. The molecule has 1 amide bonds. The summed E-state index contributed by atoms with van der Waals surface area (Å²) in [6.45, 7) is 8.39. The van der Waals surface area contributed by atoms with E-state index in [9.17, 15) is 9.59 Å². The number of benzene rings is 1. The highest BCUT2D eigenvalue weighted by Crippen LogP contribution is 2.24. The van der Waals surface area contributed by atoms with Crippen molar-refractivity contribution in [2.24, 2.45) is 0 Å². The largest absolute Gasteiger partial charge is 0.484 e. The van der Waals surface area contributed by atoms with Crippen LogP contribution in [0.2, 0.25) is 0 Å². The van der Waals surface area contributed by atoms with E-state index in [1.165, 1.54) is 16.9 Å². The van der Waals surface area contributed by atoms with E-state index in [0.717, 1.165) is 0 Å². The molecule has 6 nitrogen and oxygen atoms in total. The average Bonchev–Trinajstić information content (AvgIpc) is 2.99. The van der Waals surface area contributed by atoms with Gasteiger partial charge >= 0.3 is 5.97 Å². The van der Waals surface area contributed by atoms with Gasteiger partial charge in [0.25, 0.3) is 5.91 Å². The summed E-state index contributed by atoms with van der Waals surface area (Å²) in [5.41, 5.74) is 1.84. The van der Waals surface area contributed by atoms with Crippen molar-refractivity contribution in [3.05, 3.63) is 40.9 Å². The second-order valence-electron chi connectivity index (χ2n) is 6.74. The summed E-state index contributed by atoms with van der Waals surface area (Å²) < 4.78 is 10.4. The molecule has 0 aliphatic rings. The monoisotopic (exact) mass is 376 g/mol. The highest BCUT2D eigenvalue weighted by Gasteiger charge is 2.14. The molecule has 26 heavy (non-hydrogen) atoms. The Morgan fingerprint density at radius 3 is 2.50 bits per heavy atom. The summed E-state index contributed by atoms with van der Waals surface area (Å²) in [4.78, 5) is 27.6. The lowest BCUT2D eigenvalue weighted by atomic mass is 9.87. The Labute approximate surface area is 157 Å². The molecule has 0 bridgehead atoms. The number of thiazole rings is 1. The van der Waals surface area contributed by atoms with Crippen molar-refractivity contribution in [1.29, 1.82) is 0 Å². The minimum Gasteiger partial charge on any atom is -0.484 e. The summed E-state index contributed by atoms with van der Waals surface area (Å²) >= 11 is 1.26. The number of anilines is 1. The molecule has 0 unspecified atom stereocenters. The van der Waals surface area contributed by atoms with Gasteiger partial charge in [0.2, 0.25) is 0 Å². The summed E-state index contributed by atoms with van der Waals surface area (Å²) in [7, 11) is 0. The predicted molar refractivity (Wildman–Crippen MR) is 102 cm³/mol. The van der Waals surface area contributed by atoms with E-state index in [1.807, 2.05) is 24.3 Å². The van der Waals surface area contributed by atoms with Crippen LogP contribution < -0.4 is 10.1 Å². The number of nitrogens with one attached hydrogen (secondary N) is 1. The zero-order valence-electron chi connectivity index (χ0n) is 15.5. The summed E-state index contributed by atoms with van der Waals surface area (Å²) in [6.07, 6.45) is 0.0941. The number of ether oxygens (including phenoxy) is 2. The highest BCUT2D eigenvalue weighted by atomic mass is 32.1. The molecule has 2 rings (SSSR count). The molecule has 7 heteroatoms. The smallest absolute Gasteiger partial charge is 0.311 e. The van der Waals surface area contributed by atoms with Crippen LogP contribution in [-0.4, -0.2) is 30.1 Å². The van der Waals surface area contributed by atoms with Crippen molar-refractivity contribution < 1.29 is 19.1 Å². The second kappa shape index (κ2) is 8.80. The fraction of sp³-hybridized carbons (Fsp3) is 0.421. The topological polar surface area (TPSA) is 77.5 Å². The maximum Gasteiger partial charge on any atom is 0.311 e. The van der Waals surface area contributed by atoms with Gasteiger partial charge in [0, 0.05) is 5.38 Å². The molecule has 0 spiro atoms. The van der Waals surface area contributed by atoms with E-state index in [0.29, 0.717) is 23.2 Å². The quantitative estimate of drug-likeness (QED) is 0.748. The number of nitrogens with zero attached hydrogens (tertiary/aromatic N) is 1. The first kappa shape index (κ1) is 19.9. The number of carbonyl (C=O) groups is 2. The van der Waals surface area contributed by atoms with Crippen molar-refractivity contribution in [2.75, 3.05) is 18.5 Å². The van der Waals surface area contributed by atoms with Crippen molar-refractivity contribution in [1.82, 2.24) is 4.98 Å². The Morgan fingerprint density at radius 1 is 1.19 bits per heavy atom. The van der Waals surface area contributed by atoms with Gasteiger partial charge in [-0.1, -0.05) is 32.9 Å². The third kappa shape index (κ3) is 6.15. The maximum absolute atomic E-state index is 12.0. The van der Waals surface area contributed by atoms with Crippen molar-refractivity contribution in [3.63, 3.8) is 0 Å². The van der Waals surface area contributed by atoms with Crippen molar-refractivity contribution in [2.45, 2.75) is 39.5 Å². The Morgan fingerprint density at radius 2 is 1.88 bits per heavy atom. The number of esters is 1. The Hall–Kier alpha value is -2.41. The standard InChI is InChI=1S/C19H24N2O4S/c1-5-24-17(23)10-14-12-26-18(20-14)21-16(22)11-25-15-8-6-13(7-9-15)19(2,3)4/h6-9,12H,5,10-11H2,1-4H3,(H,20,21,22). The molecule has 0 saturated heterocycles. The van der Waals surface area contributed by atoms with Gasteiger partial charge < -0.3 is 9.47 Å². The highest BCUT2D eigenvalue weighted by molar-refractivity contribution is 7.13. The van der Waals surface area contributed by atoms with E-state index in [-0.39, 0.29) is 30.3 Å². The lowest BCUT2D eigenvalue weighted by Crippen LogP contribution is -2.20. The van der Waals surface area contributed by atoms with E-state index in [4.69, 9.17) is 9.47 Å². The molecule has 1 N–H and O–H groups in total. The number of hydrogen-bond acceptors (Lipinski definition) is 6. The van der Waals surface area contributed by atoms with E-state index in [1.54, 1.807) is 12.3 Å². The molecular weight excluding hydrogens is 352 g/mol. The van der Waals surface area contributed by atoms with Gasteiger partial charge in [-0.3, -0.25) is 14.9 Å². The summed E-state index contributed by atoms with van der Waals surface area (Å²) in [6, 6.07) is 7.70. The SMILES string of the molecule is CCOC(=O)Cc1csc(NC(=O)COc2ccc(C(C)(C)C)cc2)n1. The van der Waals surface area contributed by atoms with Crippen LogP contribution in [0.4, 0.5) is 5.13 Å².